The largest absolute Gasteiger partial charge is 0.462 e. The summed E-state index contributed by atoms with van der Waals surface area (Å²) >= 11 is 0. The van der Waals surface area contributed by atoms with Crippen molar-refractivity contribution in [1.29, 1.82) is 0 Å². The first-order chi connectivity index (χ1) is 30.0. The van der Waals surface area contributed by atoms with Crippen LogP contribution in [0.4, 0.5) is 0 Å². The zero-order valence-electron chi connectivity index (χ0n) is 39.4. The number of unbranched alkanes of at least 4 members (excludes halogenated alkanes) is 20. The second-order valence-corrected chi connectivity index (χ2v) is 16.1. The lowest BCUT2D eigenvalue weighted by Gasteiger charge is -2.18. The van der Waals surface area contributed by atoms with E-state index < -0.39 is 6.10 Å². The third kappa shape index (κ3) is 47.2. The Morgan fingerprint density at radius 2 is 0.705 bits per heavy atom. The van der Waals surface area contributed by atoms with E-state index in [1.165, 1.54) is 64.2 Å². The Balaban J connectivity index is 4.47. The van der Waals surface area contributed by atoms with Crippen LogP contribution in [-0.4, -0.2) is 37.2 Å². The molecule has 0 saturated carbocycles. The van der Waals surface area contributed by atoms with Crippen LogP contribution >= 0.6 is 0 Å². The van der Waals surface area contributed by atoms with Crippen LogP contribution < -0.4 is 0 Å². The average molecular weight is 847 g/mol. The Morgan fingerprint density at radius 3 is 1.23 bits per heavy atom. The maximum Gasteiger partial charge on any atom is 0.306 e. The Bertz CT molecular complexity index is 1250. The molecule has 0 heterocycles. The zero-order chi connectivity index (χ0) is 44.4. The number of carbonyl (C=O) groups excluding carboxylic acids is 3. The standard InChI is InChI=1S/C55H90O6/c1-4-7-10-13-16-19-21-23-25-27-28-30-31-33-36-39-42-45-48-54(57)60-51-52(50-59-53(56)47-44-41-38-35-18-15-12-9-6-3)61-55(58)49-46-43-40-37-34-32-29-26-24-22-20-17-14-11-8-5-2/h9,12,16,18-19,21,23,25-30,32,34-35,52H,4-8,10-11,13-15,17,20,22,24,31,33,36-51H2,1-3H3/b12-9-,19-16-,23-21-,27-25-,29-26-,30-28-,34-32-,35-18-. The summed E-state index contributed by atoms with van der Waals surface area (Å²) in [6.45, 7) is 6.38. The number of allylic oxidation sites excluding steroid dienone is 16. The van der Waals surface area contributed by atoms with E-state index in [0.717, 1.165) is 109 Å². The molecule has 0 spiro atoms. The number of esters is 3. The molecule has 0 saturated heterocycles. The molecular weight excluding hydrogens is 757 g/mol. The molecule has 0 aliphatic rings. The van der Waals surface area contributed by atoms with Crippen LogP contribution in [0.5, 0.6) is 0 Å². The molecule has 0 aromatic heterocycles. The molecule has 0 aromatic rings. The quantitative estimate of drug-likeness (QED) is 0.0200. The zero-order valence-corrected chi connectivity index (χ0v) is 39.4. The molecular formula is C55H90O6. The minimum Gasteiger partial charge on any atom is -0.462 e. The predicted molar refractivity (Wildman–Crippen MR) is 260 cm³/mol. The Labute approximate surface area is 375 Å². The van der Waals surface area contributed by atoms with Crippen molar-refractivity contribution in [3.05, 3.63) is 97.2 Å². The van der Waals surface area contributed by atoms with Crippen LogP contribution in [0.25, 0.3) is 0 Å². The van der Waals surface area contributed by atoms with Crippen molar-refractivity contribution >= 4 is 17.9 Å². The molecule has 0 N–H and O–H groups in total. The van der Waals surface area contributed by atoms with Crippen LogP contribution in [0.2, 0.25) is 0 Å². The summed E-state index contributed by atoms with van der Waals surface area (Å²) in [6.07, 6.45) is 64.0. The molecule has 0 aliphatic carbocycles. The number of rotatable bonds is 43. The maximum absolute atomic E-state index is 12.8. The first-order valence-corrected chi connectivity index (χ1v) is 24.8. The third-order valence-electron chi connectivity index (χ3n) is 10.2. The monoisotopic (exact) mass is 847 g/mol. The van der Waals surface area contributed by atoms with Gasteiger partial charge in [0.25, 0.3) is 0 Å². The average Bonchev–Trinajstić information content (AvgIpc) is 3.26. The topological polar surface area (TPSA) is 78.9 Å². The minimum atomic E-state index is -0.814. The predicted octanol–water partition coefficient (Wildman–Crippen LogP) is 16.2. The number of hydrogen-bond donors (Lipinski definition) is 0. The summed E-state index contributed by atoms with van der Waals surface area (Å²) in [4.78, 5) is 37.8. The molecule has 0 radical (unpaired) electrons. The first kappa shape index (κ1) is 57.3. The van der Waals surface area contributed by atoms with Gasteiger partial charge in [0, 0.05) is 19.3 Å². The van der Waals surface area contributed by atoms with E-state index in [2.05, 4.69) is 118 Å². The van der Waals surface area contributed by atoms with Gasteiger partial charge in [0.1, 0.15) is 13.2 Å². The molecule has 0 rings (SSSR count). The van der Waals surface area contributed by atoms with Crippen molar-refractivity contribution in [1.82, 2.24) is 0 Å². The summed E-state index contributed by atoms with van der Waals surface area (Å²) in [7, 11) is 0. The van der Waals surface area contributed by atoms with Gasteiger partial charge in [0.05, 0.1) is 0 Å². The second kappa shape index (κ2) is 49.0. The molecule has 6 heteroatoms. The molecule has 0 amide bonds. The first-order valence-electron chi connectivity index (χ1n) is 24.8. The van der Waals surface area contributed by atoms with Gasteiger partial charge in [-0.25, -0.2) is 0 Å². The summed E-state index contributed by atoms with van der Waals surface area (Å²) in [5.74, 6) is -1.00. The van der Waals surface area contributed by atoms with Crippen molar-refractivity contribution in [2.24, 2.45) is 0 Å². The Morgan fingerprint density at radius 1 is 0.361 bits per heavy atom. The molecule has 0 aromatic carbocycles. The molecule has 6 nitrogen and oxygen atoms in total. The lowest BCUT2D eigenvalue weighted by molar-refractivity contribution is -0.167. The normalized spacial score (nSPS) is 12.9. The van der Waals surface area contributed by atoms with Gasteiger partial charge < -0.3 is 14.2 Å². The van der Waals surface area contributed by atoms with E-state index in [-0.39, 0.29) is 37.5 Å². The van der Waals surface area contributed by atoms with E-state index in [1.807, 2.05) is 0 Å². The van der Waals surface area contributed by atoms with Gasteiger partial charge >= 0.3 is 17.9 Å². The molecule has 1 atom stereocenters. The van der Waals surface area contributed by atoms with Gasteiger partial charge in [-0.3, -0.25) is 14.4 Å². The van der Waals surface area contributed by atoms with Crippen molar-refractivity contribution in [3.63, 3.8) is 0 Å². The van der Waals surface area contributed by atoms with Gasteiger partial charge in [-0.1, -0.05) is 195 Å². The van der Waals surface area contributed by atoms with Crippen LogP contribution in [-0.2, 0) is 28.6 Å². The van der Waals surface area contributed by atoms with Gasteiger partial charge in [-0.05, 0) is 96.3 Å². The van der Waals surface area contributed by atoms with E-state index >= 15 is 0 Å². The van der Waals surface area contributed by atoms with Crippen LogP contribution in [0.3, 0.4) is 0 Å². The van der Waals surface area contributed by atoms with Crippen molar-refractivity contribution < 1.29 is 28.6 Å². The van der Waals surface area contributed by atoms with E-state index in [1.54, 1.807) is 0 Å². The fourth-order valence-corrected chi connectivity index (χ4v) is 6.42. The van der Waals surface area contributed by atoms with Crippen LogP contribution in [0.1, 0.15) is 213 Å². The fraction of sp³-hybridized carbons (Fsp3) is 0.655. The van der Waals surface area contributed by atoms with Gasteiger partial charge in [0.2, 0.25) is 0 Å². The van der Waals surface area contributed by atoms with E-state index in [9.17, 15) is 14.4 Å². The minimum absolute atomic E-state index is 0.112. The van der Waals surface area contributed by atoms with Gasteiger partial charge in [-0.15, -0.1) is 0 Å². The van der Waals surface area contributed by atoms with Crippen molar-refractivity contribution in [3.8, 4) is 0 Å². The second-order valence-electron chi connectivity index (χ2n) is 16.1. The summed E-state index contributed by atoms with van der Waals surface area (Å²) < 4.78 is 16.7. The van der Waals surface area contributed by atoms with E-state index in [0.29, 0.717) is 12.8 Å². The lowest BCUT2D eigenvalue weighted by Crippen LogP contribution is -2.30. The van der Waals surface area contributed by atoms with E-state index in [4.69, 9.17) is 14.2 Å². The molecule has 0 fully saturated rings. The molecule has 0 bridgehead atoms. The Kier molecular flexibility index (Phi) is 46.0. The van der Waals surface area contributed by atoms with Crippen LogP contribution in [0, 0.1) is 0 Å². The number of hydrogen-bond acceptors (Lipinski definition) is 6. The summed E-state index contributed by atoms with van der Waals surface area (Å²) in [6, 6.07) is 0. The van der Waals surface area contributed by atoms with Gasteiger partial charge in [0.15, 0.2) is 6.10 Å². The highest BCUT2D eigenvalue weighted by Gasteiger charge is 2.19. The molecule has 1 unspecified atom stereocenters. The molecule has 61 heavy (non-hydrogen) atoms. The molecule has 346 valence electrons. The summed E-state index contributed by atoms with van der Waals surface area (Å²) in [5, 5.41) is 0. The SMILES string of the molecule is CC/C=C\C/C=C\CCCCC(=O)OCC(COC(=O)CCCCCCC\C=C/C=C\C=C/C=C\CCCCC)OC(=O)CCCCC/C=C\C=C/CCCCCCCCC. The smallest absolute Gasteiger partial charge is 0.306 e. The fourth-order valence-electron chi connectivity index (χ4n) is 6.42. The lowest BCUT2D eigenvalue weighted by atomic mass is 10.1. The highest BCUT2D eigenvalue weighted by Crippen LogP contribution is 2.12. The highest BCUT2D eigenvalue weighted by atomic mass is 16.6. The Hall–Kier alpha value is -3.67. The van der Waals surface area contributed by atoms with Crippen molar-refractivity contribution in [2.75, 3.05) is 13.2 Å². The van der Waals surface area contributed by atoms with Crippen LogP contribution in [0.15, 0.2) is 97.2 Å². The number of carbonyl (C=O) groups is 3. The highest BCUT2D eigenvalue weighted by molar-refractivity contribution is 5.71. The molecule has 0 aliphatic heterocycles. The van der Waals surface area contributed by atoms with Gasteiger partial charge in [-0.2, -0.15) is 0 Å². The number of ether oxygens (including phenoxy) is 3. The van der Waals surface area contributed by atoms with Crippen molar-refractivity contribution in [2.45, 2.75) is 219 Å². The third-order valence-corrected chi connectivity index (χ3v) is 10.2. The summed E-state index contributed by atoms with van der Waals surface area (Å²) in [5.41, 5.74) is 0. The maximum atomic E-state index is 12.8.